The Morgan fingerprint density at radius 1 is 1.19 bits per heavy atom. The van der Waals surface area contributed by atoms with Crippen molar-refractivity contribution in [1.29, 1.82) is 0 Å². The van der Waals surface area contributed by atoms with Crippen LogP contribution in [0, 0.1) is 5.92 Å². The van der Waals surface area contributed by atoms with Crippen molar-refractivity contribution in [1.82, 2.24) is 4.98 Å². The highest BCUT2D eigenvalue weighted by atomic mass is 16.5. The van der Waals surface area contributed by atoms with Gasteiger partial charge in [-0.15, -0.1) is 0 Å². The van der Waals surface area contributed by atoms with Gasteiger partial charge in [-0.05, 0) is 37.8 Å². The molecule has 4 nitrogen and oxygen atoms in total. The van der Waals surface area contributed by atoms with Crippen LogP contribution in [0.25, 0.3) is 0 Å². The van der Waals surface area contributed by atoms with Gasteiger partial charge in [0.1, 0.15) is 5.82 Å². The van der Waals surface area contributed by atoms with Crippen molar-refractivity contribution in [2.24, 2.45) is 5.92 Å². The molecule has 1 saturated heterocycles. The van der Waals surface area contributed by atoms with Gasteiger partial charge >= 0.3 is 0 Å². The summed E-state index contributed by atoms with van der Waals surface area (Å²) in [4.78, 5) is 6.90. The summed E-state index contributed by atoms with van der Waals surface area (Å²) in [6.45, 7) is 5.81. The van der Waals surface area contributed by atoms with Crippen molar-refractivity contribution in [3.8, 4) is 0 Å². The highest BCUT2D eigenvalue weighted by Gasteiger charge is 2.20. The average Bonchev–Trinajstić information content (AvgIpc) is 2.57. The first kappa shape index (κ1) is 14.6. The Kier molecular flexibility index (Phi) is 4.96. The van der Waals surface area contributed by atoms with Crippen LogP contribution in [0.3, 0.4) is 0 Å². The molecule has 0 amide bonds. The van der Waals surface area contributed by atoms with Gasteiger partial charge in [-0.25, -0.2) is 4.98 Å². The minimum atomic E-state index is 0.543. The molecule has 1 atom stereocenters. The molecule has 3 rings (SSSR count). The van der Waals surface area contributed by atoms with Gasteiger partial charge in [0.05, 0.1) is 25.1 Å². The molecule has 116 valence electrons. The van der Waals surface area contributed by atoms with Crippen LogP contribution in [0.1, 0.15) is 39.0 Å². The fourth-order valence-corrected chi connectivity index (χ4v) is 3.47. The van der Waals surface area contributed by atoms with Crippen molar-refractivity contribution in [3.05, 3.63) is 18.3 Å². The lowest BCUT2D eigenvalue weighted by atomic mass is 9.84. The minimum absolute atomic E-state index is 0.543. The third-order valence-electron chi connectivity index (χ3n) is 4.83. The lowest BCUT2D eigenvalue weighted by Crippen LogP contribution is -2.36. The second kappa shape index (κ2) is 7.12. The standard InChI is InChI=1S/C17H27N3O/c1-14(15-5-3-2-4-6-15)19-16-7-8-17(18-13-16)20-9-11-21-12-10-20/h7-8,13-15,19H,2-6,9-12H2,1H3. The number of morpholine rings is 1. The van der Waals surface area contributed by atoms with Crippen LogP contribution in [0.2, 0.25) is 0 Å². The topological polar surface area (TPSA) is 37.4 Å². The van der Waals surface area contributed by atoms with Crippen molar-refractivity contribution < 1.29 is 4.74 Å². The Labute approximate surface area is 127 Å². The van der Waals surface area contributed by atoms with Gasteiger partial charge in [-0.3, -0.25) is 0 Å². The lowest BCUT2D eigenvalue weighted by Gasteiger charge is -2.30. The number of nitrogens with one attached hydrogen (secondary N) is 1. The zero-order valence-electron chi connectivity index (χ0n) is 13.1. The zero-order chi connectivity index (χ0) is 14.5. The number of aromatic nitrogens is 1. The summed E-state index contributed by atoms with van der Waals surface area (Å²) < 4.78 is 5.38. The van der Waals surface area contributed by atoms with E-state index in [4.69, 9.17) is 4.74 Å². The second-order valence-electron chi connectivity index (χ2n) is 6.34. The van der Waals surface area contributed by atoms with E-state index in [2.05, 4.69) is 34.3 Å². The van der Waals surface area contributed by atoms with Gasteiger partial charge in [0, 0.05) is 19.1 Å². The Balaban J connectivity index is 1.56. The van der Waals surface area contributed by atoms with E-state index in [0.717, 1.165) is 43.7 Å². The lowest BCUT2D eigenvalue weighted by molar-refractivity contribution is 0.122. The third kappa shape index (κ3) is 3.88. The molecule has 1 aliphatic carbocycles. The van der Waals surface area contributed by atoms with Crippen LogP contribution in [-0.4, -0.2) is 37.3 Å². The van der Waals surface area contributed by atoms with Gasteiger partial charge in [0.15, 0.2) is 0 Å². The van der Waals surface area contributed by atoms with Crippen molar-refractivity contribution >= 4 is 11.5 Å². The summed E-state index contributed by atoms with van der Waals surface area (Å²) in [6.07, 6.45) is 8.92. The van der Waals surface area contributed by atoms with E-state index in [0.29, 0.717) is 6.04 Å². The maximum absolute atomic E-state index is 5.38. The Hall–Kier alpha value is -1.29. The minimum Gasteiger partial charge on any atom is -0.381 e. The molecular formula is C17H27N3O. The van der Waals surface area contributed by atoms with Gasteiger partial charge < -0.3 is 15.0 Å². The van der Waals surface area contributed by atoms with E-state index >= 15 is 0 Å². The first-order chi connectivity index (χ1) is 10.3. The highest BCUT2D eigenvalue weighted by Crippen LogP contribution is 2.28. The van der Waals surface area contributed by atoms with Crippen LogP contribution in [0.15, 0.2) is 18.3 Å². The van der Waals surface area contributed by atoms with Crippen molar-refractivity contribution in [2.75, 3.05) is 36.5 Å². The Morgan fingerprint density at radius 2 is 1.95 bits per heavy atom. The SMILES string of the molecule is CC(Nc1ccc(N2CCOCC2)nc1)C1CCCCC1. The Morgan fingerprint density at radius 3 is 2.62 bits per heavy atom. The van der Waals surface area contributed by atoms with E-state index in [1.54, 1.807) is 0 Å². The maximum Gasteiger partial charge on any atom is 0.128 e. The fourth-order valence-electron chi connectivity index (χ4n) is 3.47. The molecule has 1 N–H and O–H groups in total. The summed E-state index contributed by atoms with van der Waals surface area (Å²) >= 11 is 0. The third-order valence-corrected chi connectivity index (χ3v) is 4.83. The van der Waals surface area contributed by atoms with Crippen LogP contribution in [-0.2, 0) is 4.74 Å². The average molecular weight is 289 g/mol. The molecule has 0 bridgehead atoms. The number of pyridine rings is 1. The van der Waals surface area contributed by atoms with E-state index in [1.807, 2.05) is 6.20 Å². The smallest absolute Gasteiger partial charge is 0.128 e. The zero-order valence-corrected chi connectivity index (χ0v) is 13.1. The molecule has 4 heteroatoms. The first-order valence-corrected chi connectivity index (χ1v) is 8.38. The quantitative estimate of drug-likeness (QED) is 0.923. The molecule has 1 aromatic heterocycles. The molecule has 2 heterocycles. The molecule has 21 heavy (non-hydrogen) atoms. The molecule has 2 fully saturated rings. The largest absolute Gasteiger partial charge is 0.381 e. The molecule has 1 aliphatic heterocycles. The van der Waals surface area contributed by atoms with Gasteiger partial charge in [0.2, 0.25) is 0 Å². The van der Waals surface area contributed by atoms with Crippen LogP contribution in [0.4, 0.5) is 11.5 Å². The van der Waals surface area contributed by atoms with Crippen LogP contribution in [0.5, 0.6) is 0 Å². The number of nitrogens with zero attached hydrogens (tertiary/aromatic N) is 2. The van der Waals surface area contributed by atoms with E-state index in [1.165, 1.54) is 32.1 Å². The molecule has 2 aliphatic rings. The van der Waals surface area contributed by atoms with Gasteiger partial charge in [-0.1, -0.05) is 19.3 Å². The number of rotatable bonds is 4. The predicted octanol–water partition coefficient (Wildman–Crippen LogP) is 3.30. The number of hydrogen-bond donors (Lipinski definition) is 1. The molecule has 1 unspecified atom stereocenters. The normalized spacial score (nSPS) is 22.0. The predicted molar refractivity (Wildman–Crippen MR) is 86.9 cm³/mol. The second-order valence-corrected chi connectivity index (χ2v) is 6.34. The van der Waals surface area contributed by atoms with Gasteiger partial charge in [-0.2, -0.15) is 0 Å². The molecule has 0 aromatic carbocycles. The van der Waals surface area contributed by atoms with Crippen LogP contribution >= 0.6 is 0 Å². The van der Waals surface area contributed by atoms with Crippen molar-refractivity contribution in [3.63, 3.8) is 0 Å². The van der Waals surface area contributed by atoms with Crippen LogP contribution < -0.4 is 10.2 Å². The number of ether oxygens (including phenoxy) is 1. The molecule has 1 saturated carbocycles. The fraction of sp³-hybridized carbons (Fsp3) is 0.706. The summed E-state index contributed by atoms with van der Waals surface area (Å²) in [5, 5.41) is 3.64. The molecule has 1 aromatic rings. The molecule has 0 radical (unpaired) electrons. The summed E-state index contributed by atoms with van der Waals surface area (Å²) in [5.41, 5.74) is 1.14. The van der Waals surface area contributed by atoms with E-state index < -0.39 is 0 Å². The monoisotopic (exact) mass is 289 g/mol. The Bertz CT molecular complexity index is 422. The molecular weight excluding hydrogens is 262 g/mol. The summed E-state index contributed by atoms with van der Waals surface area (Å²) in [5.74, 6) is 1.88. The summed E-state index contributed by atoms with van der Waals surface area (Å²) in [7, 11) is 0. The number of anilines is 2. The van der Waals surface area contributed by atoms with E-state index in [-0.39, 0.29) is 0 Å². The summed E-state index contributed by atoms with van der Waals surface area (Å²) in [6, 6.07) is 4.83. The first-order valence-electron chi connectivity index (χ1n) is 8.38. The molecule has 0 spiro atoms. The highest BCUT2D eigenvalue weighted by molar-refractivity contribution is 5.49. The number of hydrogen-bond acceptors (Lipinski definition) is 4. The van der Waals surface area contributed by atoms with E-state index in [9.17, 15) is 0 Å². The maximum atomic E-state index is 5.38. The van der Waals surface area contributed by atoms with Gasteiger partial charge in [0.25, 0.3) is 0 Å². The van der Waals surface area contributed by atoms with Crippen molar-refractivity contribution in [2.45, 2.75) is 45.1 Å².